The Balaban J connectivity index is 1.60. The Labute approximate surface area is 176 Å². The van der Waals surface area contributed by atoms with Crippen LogP contribution in [0.4, 0.5) is 0 Å². The minimum absolute atomic E-state index is 0.0389. The van der Waals surface area contributed by atoms with Gasteiger partial charge in [0, 0.05) is 30.6 Å². The van der Waals surface area contributed by atoms with Crippen molar-refractivity contribution < 1.29 is 17.9 Å². The summed E-state index contributed by atoms with van der Waals surface area (Å²) in [6.07, 6.45) is 0.948. The van der Waals surface area contributed by atoms with Crippen molar-refractivity contribution in [2.45, 2.75) is 31.2 Å². The molecule has 0 aromatic heterocycles. The van der Waals surface area contributed by atoms with E-state index in [1.165, 1.54) is 23.0 Å². The van der Waals surface area contributed by atoms with Crippen LogP contribution in [0.3, 0.4) is 0 Å². The van der Waals surface area contributed by atoms with Crippen molar-refractivity contribution in [2.24, 2.45) is 5.92 Å². The van der Waals surface area contributed by atoms with Crippen LogP contribution < -0.4 is 10.1 Å². The van der Waals surface area contributed by atoms with E-state index >= 15 is 0 Å². The average molecular weight is 437 g/mol. The molecule has 1 amide bonds. The maximum atomic E-state index is 13.0. The molecule has 2 aromatic carbocycles. The number of aryl methyl sites for hydroxylation is 1. The normalized spacial score (nSPS) is 15.8. The number of carbonyl (C=O) groups excluding carboxylic acids is 1. The van der Waals surface area contributed by atoms with Crippen LogP contribution in [0.1, 0.15) is 24.0 Å². The predicted octanol–water partition coefficient (Wildman–Crippen LogP) is 3.37. The molecule has 3 rings (SSSR count). The molecular formula is C21H25ClN2O4S. The van der Waals surface area contributed by atoms with Crippen LogP contribution in [0.25, 0.3) is 0 Å². The lowest BCUT2D eigenvalue weighted by Gasteiger charge is -2.31. The van der Waals surface area contributed by atoms with Crippen molar-refractivity contribution in [3.8, 4) is 5.75 Å². The van der Waals surface area contributed by atoms with Crippen LogP contribution in [-0.4, -0.2) is 38.8 Å². The van der Waals surface area contributed by atoms with Gasteiger partial charge in [-0.15, -0.1) is 0 Å². The zero-order chi connectivity index (χ0) is 21.0. The Morgan fingerprint density at radius 2 is 1.83 bits per heavy atom. The fourth-order valence-electron chi connectivity index (χ4n) is 3.39. The molecule has 0 saturated carbocycles. The number of nitrogens with zero attached hydrogens (tertiary/aromatic N) is 1. The first-order chi connectivity index (χ1) is 13.8. The molecule has 1 aliphatic rings. The molecule has 0 atom stereocenters. The SMILES string of the molecule is COc1ccc(Cl)cc1S(=O)(=O)N1CCC(C(=O)NCc2ccc(C)cc2)CC1. The number of methoxy groups -OCH3 is 1. The number of carbonyl (C=O) groups is 1. The third-order valence-electron chi connectivity index (χ3n) is 5.16. The zero-order valence-electron chi connectivity index (χ0n) is 16.5. The van der Waals surface area contributed by atoms with Crippen molar-refractivity contribution >= 4 is 27.5 Å². The summed E-state index contributed by atoms with van der Waals surface area (Å²) in [6.45, 7) is 3.04. The first kappa shape index (κ1) is 21.6. The smallest absolute Gasteiger partial charge is 0.246 e. The molecule has 156 valence electrons. The quantitative estimate of drug-likeness (QED) is 0.753. The Hall–Kier alpha value is -2.09. The highest BCUT2D eigenvalue weighted by Crippen LogP contribution is 2.31. The van der Waals surface area contributed by atoms with Gasteiger partial charge in [0.1, 0.15) is 10.6 Å². The number of ether oxygens (including phenoxy) is 1. The number of piperidine rings is 1. The van der Waals surface area contributed by atoms with Gasteiger partial charge in [-0.2, -0.15) is 4.31 Å². The molecule has 0 unspecified atom stereocenters. The largest absolute Gasteiger partial charge is 0.495 e. The molecule has 6 nitrogen and oxygen atoms in total. The molecule has 0 radical (unpaired) electrons. The van der Waals surface area contributed by atoms with E-state index in [-0.39, 0.29) is 35.6 Å². The summed E-state index contributed by atoms with van der Waals surface area (Å²) in [4.78, 5) is 12.5. The van der Waals surface area contributed by atoms with E-state index in [0.29, 0.717) is 24.4 Å². The topological polar surface area (TPSA) is 75.7 Å². The van der Waals surface area contributed by atoms with Crippen LogP contribution in [0.2, 0.25) is 5.02 Å². The Bertz CT molecular complexity index is 969. The number of nitrogens with one attached hydrogen (secondary N) is 1. The maximum Gasteiger partial charge on any atom is 0.246 e. The van der Waals surface area contributed by atoms with Crippen molar-refractivity contribution in [3.05, 3.63) is 58.6 Å². The van der Waals surface area contributed by atoms with Crippen molar-refractivity contribution in [1.82, 2.24) is 9.62 Å². The van der Waals surface area contributed by atoms with Crippen molar-refractivity contribution in [2.75, 3.05) is 20.2 Å². The van der Waals surface area contributed by atoms with Crippen LogP contribution >= 0.6 is 11.6 Å². The van der Waals surface area contributed by atoms with E-state index in [4.69, 9.17) is 16.3 Å². The van der Waals surface area contributed by atoms with Crippen LogP contribution in [-0.2, 0) is 21.4 Å². The number of hydrogen-bond donors (Lipinski definition) is 1. The summed E-state index contributed by atoms with van der Waals surface area (Å²) in [6, 6.07) is 12.5. The van der Waals surface area contributed by atoms with Gasteiger partial charge in [0.2, 0.25) is 15.9 Å². The number of benzene rings is 2. The number of hydrogen-bond acceptors (Lipinski definition) is 4. The maximum absolute atomic E-state index is 13.0. The lowest BCUT2D eigenvalue weighted by atomic mass is 9.97. The summed E-state index contributed by atoms with van der Waals surface area (Å²) in [7, 11) is -2.32. The summed E-state index contributed by atoms with van der Waals surface area (Å²) in [5.41, 5.74) is 2.21. The molecule has 2 aromatic rings. The van der Waals surface area contributed by atoms with Gasteiger partial charge in [-0.25, -0.2) is 8.42 Å². The lowest BCUT2D eigenvalue weighted by molar-refractivity contribution is -0.126. The summed E-state index contributed by atoms with van der Waals surface area (Å²) in [5.74, 6) is 0.0171. The molecule has 29 heavy (non-hydrogen) atoms. The second-order valence-electron chi connectivity index (χ2n) is 7.18. The fraction of sp³-hybridized carbons (Fsp3) is 0.381. The Morgan fingerprint density at radius 3 is 2.45 bits per heavy atom. The third kappa shape index (κ3) is 5.10. The van der Waals surface area contributed by atoms with E-state index in [1.807, 2.05) is 31.2 Å². The van der Waals surface area contributed by atoms with Gasteiger partial charge in [0.15, 0.2) is 0 Å². The van der Waals surface area contributed by atoms with Crippen LogP contribution in [0.15, 0.2) is 47.4 Å². The van der Waals surface area contributed by atoms with Gasteiger partial charge in [-0.3, -0.25) is 4.79 Å². The van der Waals surface area contributed by atoms with Crippen LogP contribution in [0.5, 0.6) is 5.75 Å². The van der Waals surface area contributed by atoms with Gasteiger partial charge in [-0.05, 0) is 43.5 Å². The minimum atomic E-state index is -3.74. The molecule has 8 heteroatoms. The predicted molar refractivity (Wildman–Crippen MR) is 113 cm³/mol. The highest BCUT2D eigenvalue weighted by Gasteiger charge is 2.33. The van der Waals surface area contributed by atoms with E-state index in [2.05, 4.69) is 5.32 Å². The van der Waals surface area contributed by atoms with Gasteiger partial charge in [-0.1, -0.05) is 41.4 Å². The monoisotopic (exact) mass is 436 g/mol. The molecule has 1 fully saturated rings. The highest BCUT2D eigenvalue weighted by atomic mass is 35.5. The molecular weight excluding hydrogens is 412 g/mol. The molecule has 1 saturated heterocycles. The lowest BCUT2D eigenvalue weighted by Crippen LogP contribution is -2.42. The van der Waals surface area contributed by atoms with Gasteiger partial charge < -0.3 is 10.1 Å². The minimum Gasteiger partial charge on any atom is -0.495 e. The molecule has 1 heterocycles. The van der Waals surface area contributed by atoms with Gasteiger partial charge in [0.25, 0.3) is 0 Å². The first-order valence-corrected chi connectivity index (χ1v) is 11.3. The molecule has 1 aliphatic heterocycles. The second-order valence-corrected chi connectivity index (χ2v) is 9.52. The molecule has 0 bridgehead atoms. The van der Waals surface area contributed by atoms with Gasteiger partial charge >= 0.3 is 0 Å². The number of halogens is 1. The van der Waals surface area contributed by atoms with E-state index in [1.54, 1.807) is 12.1 Å². The molecule has 0 spiro atoms. The fourth-order valence-corrected chi connectivity index (χ4v) is 5.28. The van der Waals surface area contributed by atoms with E-state index in [9.17, 15) is 13.2 Å². The highest BCUT2D eigenvalue weighted by molar-refractivity contribution is 7.89. The number of rotatable bonds is 6. The number of amides is 1. The van der Waals surface area contributed by atoms with Gasteiger partial charge in [0.05, 0.1) is 7.11 Å². The Kier molecular flexibility index (Phi) is 6.82. The second kappa shape index (κ2) is 9.15. The third-order valence-corrected chi connectivity index (χ3v) is 7.31. The van der Waals surface area contributed by atoms with Crippen molar-refractivity contribution in [1.29, 1.82) is 0 Å². The average Bonchev–Trinajstić information content (AvgIpc) is 2.73. The van der Waals surface area contributed by atoms with E-state index in [0.717, 1.165) is 5.56 Å². The number of sulfonamides is 1. The zero-order valence-corrected chi connectivity index (χ0v) is 18.1. The summed E-state index contributed by atoms with van der Waals surface area (Å²) >= 11 is 5.99. The van der Waals surface area contributed by atoms with E-state index < -0.39 is 10.0 Å². The first-order valence-electron chi connectivity index (χ1n) is 9.48. The van der Waals surface area contributed by atoms with Crippen molar-refractivity contribution in [3.63, 3.8) is 0 Å². The Morgan fingerprint density at radius 1 is 1.17 bits per heavy atom. The molecule has 0 aliphatic carbocycles. The molecule has 1 N–H and O–H groups in total. The summed E-state index contributed by atoms with van der Waals surface area (Å²) in [5, 5.41) is 3.28. The van der Waals surface area contributed by atoms with Crippen LogP contribution in [0, 0.1) is 12.8 Å². The summed E-state index contributed by atoms with van der Waals surface area (Å²) < 4.78 is 32.6. The standard InChI is InChI=1S/C21H25ClN2O4S/c1-15-3-5-16(6-4-15)14-23-21(25)17-9-11-24(12-10-17)29(26,27)20-13-18(22)7-8-19(20)28-2/h3-8,13,17H,9-12,14H2,1-2H3,(H,23,25).